The van der Waals surface area contributed by atoms with E-state index >= 15 is 0 Å². The average molecular weight is 321 g/mol. The van der Waals surface area contributed by atoms with Gasteiger partial charge in [-0.15, -0.1) is 0 Å². The van der Waals surface area contributed by atoms with E-state index in [0.717, 1.165) is 11.3 Å². The van der Waals surface area contributed by atoms with Gasteiger partial charge in [-0.1, -0.05) is 48.5 Å². The van der Waals surface area contributed by atoms with E-state index in [1.807, 2.05) is 65.2 Å². The van der Waals surface area contributed by atoms with Gasteiger partial charge in [0, 0.05) is 12.2 Å². The first-order chi connectivity index (χ1) is 11.8. The van der Waals surface area contributed by atoms with Crippen molar-refractivity contribution in [2.24, 2.45) is 0 Å². The van der Waals surface area contributed by atoms with Crippen molar-refractivity contribution in [2.75, 3.05) is 11.9 Å². The van der Waals surface area contributed by atoms with Crippen LogP contribution in [0, 0.1) is 0 Å². The zero-order valence-electron chi connectivity index (χ0n) is 13.5. The zero-order chi connectivity index (χ0) is 16.8. The third-order valence-corrected chi connectivity index (χ3v) is 3.57. The first-order valence-electron chi connectivity index (χ1n) is 7.87. The molecule has 0 atom stereocenters. The monoisotopic (exact) mass is 321 g/mol. The van der Waals surface area contributed by atoms with Crippen molar-refractivity contribution >= 4 is 11.8 Å². The number of anilines is 1. The Morgan fingerprint density at radius 3 is 2.42 bits per heavy atom. The number of ether oxygens (including phenoxy) is 1. The number of hydrogen-bond donors (Lipinski definition) is 1. The summed E-state index contributed by atoms with van der Waals surface area (Å²) in [5.41, 5.74) is 2.33. The quantitative estimate of drug-likeness (QED) is 0.704. The topological polar surface area (TPSA) is 56.1 Å². The third-order valence-electron chi connectivity index (χ3n) is 3.57. The number of nitrogens with one attached hydrogen (secondary N) is 1. The second-order valence-electron chi connectivity index (χ2n) is 5.21. The molecular weight excluding hydrogens is 302 g/mol. The van der Waals surface area contributed by atoms with Crippen LogP contribution in [0.1, 0.15) is 23.0 Å². The number of imidazole rings is 1. The number of aromatic nitrogens is 2. The maximum Gasteiger partial charge on any atom is 0.360 e. The molecule has 0 saturated heterocycles. The molecule has 0 aliphatic heterocycles. The lowest BCUT2D eigenvalue weighted by Gasteiger charge is -2.12. The molecule has 2 aromatic carbocycles. The number of para-hydroxylation sites is 1. The average Bonchev–Trinajstić information content (AvgIpc) is 3.06. The fraction of sp³-hybridized carbons (Fsp3) is 0.158. The summed E-state index contributed by atoms with van der Waals surface area (Å²) < 4.78 is 6.97. The molecule has 1 aromatic heterocycles. The Labute approximate surface area is 140 Å². The molecular formula is C19H19N3O2. The van der Waals surface area contributed by atoms with E-state index in [1.165, 1.54) is 0 Å². The predicted octanol–water partition coefficient (Wildman–Crippen LogP) is 3.66. The van der Waals surface area contributed by atoms with E-state index < -0.39 is 5.97 Å². The number of carbonyl (C=O) groups is 1. The Balaban J connectivity index is 1.93. The lowest BCUT2D eigenvalue weighted by atomic mass is 10.2. The summed E-state index contributed by atoms with van der Waals surface area (Å²) in [6.07, 6.45) is 1.63. The fourth-order valence-electron chi connectivity index (χ4n) is 2.43. The maximum absolute atomic E-state index is 12.2. The number of nitrogens with zero attached hydrogens (tertiary/aromatic N) is 2. The lowest BCUT2D eigenvalue weighted by Crippen LogP contribution is -2.12. The molecule has 0 amide bonds. The predicted molar refractivity (Wildman–Crippen MR) is 93.3 cm³/mol. The van der Waals surface area contributed by atoms with Gasteiger partial charge in [0.1, 0.15) is 12.1 Å². The molecule has 5 heteroatoms. The van der Waals surface area contributed by atoms with Gasteiger partial charge in [-0.25, -0.2) is 9.78 Å². The van der Waals surface area contributed by atoms with Gasteiger partial charge in [-0.3, -0.25) is 4.57 Å². The minimum atomic E-state index is -0.428. The molecule has 122 valence electrons. The van der Waals surface area contributed by atoms with Crippen LogP contribution in [0.3, 0.4) is 0 Å². The van der Waals surface area contributed by atoms with Gasteiger partial charge in [0.25, 0.3) is 0 Å². The van der Waals surface area contributed by atoms with E-state index in [9.17, 15) is 4.79 Å². The number of esters is 1. The Kier molecular flexibility index (Phi) is 4.91. The molecule has 0 saturated carbocycles. The van der Waals surface area contributed by atoms with Gasteiger partial charge in [-0.05, 0) is 24.6 Å². The van der Waals surface area contributed by atoms with Gasteiger partial charge in [0.05, 0.1) is 6.61 Å². The van der Waals surface area contributed by atoms with Crippen LogP contribution in [-0.2, 0) is 11.3 Å². The molecule has 0 unspecified atom stereocenters. The second kappa shape index (κ2) is 7.46. The molecule has 0 bridgehead atoms. The molecule has 0 spiro atoms. The molecule has 1 heterocycles. The minimum Gasteiger partial charge on any atom is -0.461 e. The number of rotatable bonds is 6. The Bertz CT molecular complexity index is 798. The van der Waals surface area contributed by atoms with Gasteiger partial charge in [0.15, 0.2) is 5.69 Å². The van der Waals surface area contributed by atoms with Crippen LogP contribution in [0.4, 0.5) is 5.82 Å². The van der Waals surface area contributed by atoms with E-state index in [-0.39, 0.29) is 5.69 Å². The summed E-state index contributed by atoms with van der Waals surface area (Å²) in [4.78, 5) is 16.4. The van der Waals surface area contributed by atoms with E-state index in [1.54, 1.807) is 13.3 Å². The highest BCUT2D eigenvalue weighted by Gasteiger charge is 2.19. The van der Waals surface area contributed by atoms with E-state index in [2.05, 4.69) is 10.3 Å². The summed E-state index contributed by atoms with van der Waals surface area (Å²) in [6, 6.07) is 19.8. The molecule has 24 heavy (non-hydrogen) atoms. The normalized spacial score (nSPS) is 10.4. The summed E-state index contributed by atoms with van der Waals surface area (Å²) in [5.74, 6) is 0.200. The molecule has 1 N–H and O–H groups in total. The van der Waals surface area contributed by atoms with Crippen molar-refractivity contribution in [2.45, 2.75) is 13.5 Å². The fourth-order valence-corrected chi connectivity index (χ4v) is 2.43. The number of carbonyl (C=O) groups excluding carboxylic acids is 1. The van der Waals surface area contributed by atoms with Gasteiger partial charge >= 0.3 is 5.97 Å². The Morgan fingerprint density at radius 2 is 1.75 bits per heavy atom. The van der Waals surface area contributed by atoms with Gasteiger partial charge in [-0.2, -0.15) is 0 Å². The standard InChI is InChI=1S/C19H19N3O2/c1-2-24-19(23)17-18(20-13-15-9-5-3-6-10-15)22(14-21-17)16-11-7-4-8-12-16/h3-12,14,20H,2,13H2,1H3. The van der Waals surface area contributed by atoms with Gasteiger partial charge in [0.2, 0.25) is 0 Å². The van der Waals surface area contributed by atoms with Crippen LogP contribution >= 0.6 is 0 Å². The molecule has 0 aliphatic carbocycles. The van der Waals surface area contributed by atoms with Crippen molar-refractivity contribution in [1.29, 1.82) is 0 Å². The van der Waals surface area contributed by atoms with Crippen molar-refractivity contribution in [1.82, 2.24) is 9.55 Å². The Hall–Kier alpha value is -3.08. The first-order valence-corrected chi connectivity index (χ1v) is 7.87. The van der Waals surface area contributed by atoms with Crippen LogP contribution in [0.15, 0.2) is 67.0 Å². The second-order valence-corrected chi connectivity index (χ2v) is 5.21. The SMILES string of the molecule is CCOC(=O)c1ncn(-c2ccccc2)c1NCc1ccccc1. The minimum absolute atomic E-state index is 0.289. The largest absolute Gasteiger partial charge is 0.461 e. The molecule has 5 nitrogen and oxygen atoms in total. The van der Waals surface area contributed by atoms with E-state index in [0.29, 0.717) is 19.0 Å². The molecule has 0 fully saturated rings. The molecule has 0 aliphatic rings. The molecule has 0 radical (unpaired) electrons. The smallest absolute Gasteiger partial charge is 0.360 e. The van der Waals surface area contributed by atoms with Crippen molar-refractivity contribution in [3.05, 3.63) is 78.2 Å². The summed E-state index contributed by atoms with van der Waals surface area (Å²) in [5, 5.41) is 3.32. The van der Waals surface area contributed by atoms with Crippen molar-refractivity contribution in [3.63, 3.8) is 0 Å². The molecule has 3 rings (SSSR count). The number of hydrogen-bond acceptors (Lipinski definition) is 4. The number of benzene rings is 2. The van der Waals surface area contributed by atoms with Crippen LogP contribution in [0.2, 0.25) is 0 Å². The molecule has 3 aromatic rings. The highest BCUT2D eigenvalue weighted by Crippen LogP contribution is 2.21. The maximum atomic E-state index is 12.2. The summed E-state index contributed by atoms with van der Waals surface area (Å²) in [6.45, 7) is 2.68. The van der Waals surface area contributed by atoms with E-state index in [4.69, 9.17) is 4.74 Å². The van der Waals surface area contributed by atoms with Crippen LogP contribution in [-0.4, -0.2) is 22.1 Å². The van der Waals surface area contributed by atoms with Crippen LogP contribution < -0.4 is 5.32 Å². The van der Waals surface area contributed by atoms with Crippen LogP contribution in [0.25, 0.3) is 5.69 Å². The highest BCUT2D eigenvalue weighted by molar-refractivity contribution is 5.93. The Morgan fingerprint density at radius 1 is 1.08 bits per heavy atom. The summed E-state index contributed by atoms with van der Waals surface area (Å²) >= 11 is 0. The van der Waals surface area contributed by atoms with Crippen molar-refractivity contribution in [3.8, 4) is 5.69 Å². The first kappa shape index (κ1) is 15.8. The van der Waals surface area contributed by atoms with Crippen LogP contribution in [0.5, 0.6) is 0 Å². The van der Waals surface area contributed by atoms with Gasteiger partial charge < -0.3 is 10.1 Å². The highest BCUT2D eigenvalue weighted by atomic mass is 16.5. The zero-order valence-corrected chi connectivity index (χ0v) is 13.5. The lowest BCUT2D eigenvalue weighted by molar-refractivity contribution is 0.0521. The van der Waals surface area contributed by atoms with Crippen molar-refractivity contribution < 1.29 is 9.53 Å². The third kappa shape index (κ3) is 3.46. The summed E-state index contributed by atoms with van der Waals surface area (Å²) in [7, 11) is 0.